The van der Waals surface area contributed by atoms with Crippen LogP contribution in [0.4, 0.5) is 18.9 Å². The summed E-state index contributed by atoms with van der Waals surface area (Å²) < 4.78 is 37.8. The van der Waals surface area contributed by atoms with Crippen molar-refractivity contribution in [2.24, 2.45) is 0 Å². The molecule has 1 unspecified atom stereocenters. The Morgan fingerprint density at radius 3 is 2.56 bits per heavy atom. The van der Waals surface area contributed by atoms with Gasteiger partial charge in [0.25, 0.3) is 5.91 Å². The number of hydrogen-bond donors (Lipinski definition) is 2. The van der Waals surface area contributed by atoms with Crippen LogP contribution in [-0.2, 0) is 11.0 Å². The van der Waals surface area contributed by atoms with Crippen LogP contribution in [0.3, 0.4) is 0 Å². The van der Waals surface area contributed by atoms with Gasteiger partial charge in [-0.25, -0.2) is 0 Å². The van der Waals surface area contributed by atoms with E-state index in [4.69, 9.17) is 10.4 Å². The summed E-state index contributed by atoms with van der Waals surface area (Å²) in [7, 11) is 0. The third-order valence-electron chi connectivity index (χ3n) is 2.09. The van der Waals surface area contributed by atoms with E-state index in [9.17, 15) is 18.0 Å². The summed E-state index contributed by atoms with van der Waals surface area (Å²) in [4.78, 5) is 11.1. The zero-order valence-corrected chi connectivity index (χ0v) is 9.25. The maximum atomic E-state index is 12.6. The fourth-order valence-electron chi connectivity index (χ4n) is 1.20. The maximum absolute atomic E-state index is 12.6. The second kappa shape index (κ2) is 5.06. The molecule has 0 bridgehead atoms. The average Bonchev–Trinajstić information content (AvgIpc) is 2.27. The van der Waals surface area contributed by atoms with Crippen molar-refractivity contribution in [3.8, 4) is 6.07 Å². The Labute approximate surface area is 101 Å². The van der Waals surface area contributed by atoms with E-state index >= 15 is 0 Å². The second-order valence-electron chi connectivity index (χ2n) is 3.54. The van der Waals surface area contributed by atoms with Crippen LogP contribution in [0.25, 0.3) is 0 Å². The van der Waals surface area contributed by atoms with Crippen molar-refractivity contribution in [3.63, 3.8) is 0 Å². The molecule has 18 heavy (non-hydrogen) atoms. The average molecular weight is 258 g/mol. The lowest BCUT2D eigenvalue weighted by atomic mass is 10.1. The third-order valence-corrected chi connectivity index (χ3v) is 2.09. The molecular weight excluding hydrogens is 249 g/mol. The molecular formula is C11H9F3N2O2. The van der Waals surface area contributed by atoms with Crippen LogP contribution < -0.4 is 5.32 Å². The molecule has 2 N–H and O–H groups in total. The Morgan fingerprint density at radius 2 is 2.11 bits per heavy atom. The topological polar surface area (TPSA) is 73.1 Å². The van der Waals surface area contributed by atoms with Crippen LogP contribution in [0, 0.1) is 11.3 Å². The van der Waals surface area contributed by atoms with Gasteiger partial charge in [0.1, 0.15) is 6.10 Å². The van der Waals surface area contributed by atoms with Gasteiger partial charge in [-0.1, -0.05) is 0 Å². The number of alkyl halides is 3. The molecule has 7 heteroatoms. The largest absolute Gasteiger partial charge is 0.417 e. The first-order valence-corrected chi connectivity index (χ1v) is 4.86. The minimum absolute atomic E-state index is 0.132. The van der Waals surface area contributed by atoms with Crippen molar-refractivity contribution in [2.45, 2.75) is 19.2 Å². The first-order valence-electron chi connectivity index (χ1n) is 4.86. The molecule has 1 aromatic carbocycles. The predicted octanol–water partition coefficient (Wildman–Crippen LogP) is 1.90. The fourth-order valence-corrected chi connectivity index (χ4v) is 1.20. The zero-order valence-electron chi connectivity index (χ0n) is 9.25. The van der Waals surface area contributed by atoms with Gasteiger partial charge in [-0.3, -0.25) is 4.79 Å². The standard InChI is InChI=1S/C11H9F3N2O2/c1-6(17)10(18)16-8-3-2-7(5-15)9(4-8)11(12,13)14/h2-4,6,17H,1H3,(H,16,18). The highest BCUT2D eigenvalue weighted by molar-refractivity contribution is 5.93. The number of benzene rings is 1. The van der Waals surface area contributed by atoms with Gasteiger partial charge in [-0.05, 0) is 25.1 Å². The van der Waals surface area contributed by atoms with E-state index in [0.717, 1.165) is 12.1 Å². The number of nitriles is 1. The lowest BCUT2D eigenvalue weighted by molar-refractivity contribution is -0.137. The Balaban J connectivity index is 3.13. The van der Waals surface area contributed by atoms with E-state index in [2.05, 4.69) is 5.32 Å². The number of nitrogens with one attached hydrogen (secondary N) is 1. The number of hydrogen-bond acceptors (Lipinski definition) is 3. The Hall–Kier alpha value is -2.07. The molecule has 1 aromatic rings. The number of amides is 1. The number of halogens is 3. The molecule has 0 heterocycles. The van der Waals surface area contributed by atoms with E-state index in [1.807, 2.05) is 0 Å². The molecule has 4 nitrogen and oxygen atoms in total. The van der Waals surface area contributed by atoms with Crippen LogP contribution >= 0.6 is 0 Å². The molecule has 0 radical (unpaired) electrons. The minimum atomic E-state index is -4.68. The monoisotopic (exact) mass is 258 g/mol. The van der Waals surface area contributed by atoms with Gasteiger partial charge in [0.15, 0.2) is 0 Å². The number of anilines is 1. The normalized spacial score (nSPS) is 12.7. The van der Waals surface area contributed by atoms with E-state index in [1.54, 1.807) is 0 Å². The molecule has 1 atom stereocenters. The molecule has 0 aromatic heterocycles. The predicted molar refractivity (Wildman–Crippen MR) is 56.5 cm³/mol. The first-order chi connectivity index (χ1) is 8.25. The number of carbonyl (C=O) groups excluding carboxylic acids is 1. The molecule has 0 aliphatic rings. The highest BCUT2D eigenvalue weighted by Crippen LogP contribution is 2.33. The summed E-state index contributed by atoms with van der Waals surface area (Å²) in [6, 6.07) is 4.19. The van der Waals surface area contributed by atoms with Crippen LogP contribution in [0.2, 0.25) is 0 Å². The summed E-state index contributed by atoms with van der Waals surface area (Å²) in [6.45, 7) is 1.18. The second-order valence-corrected chi connectivity index (χ2v) is 3.54. The van der Waals surface area contributed by atoms with Crippen LogP contribution in [0.15, 0.2) is 18.2 Å². The molecule has 96 valence electrons. The van der Waals surface area contributed by atoms with Crippen LogP contribution in [0.5, 0.6) is 0 Å². The highest BCUT2D eigenvalue weighted by atomic mass is 19.4. The van der Waals surface area contributed by atoms with Gasteiger partial charge in [0.05, 0.1) is 17.2 Å². The Bertz CT molecular complexity index is 504. The van der Waals surface area contributed by atoms with Gasteiger partial charge < -0.3 is 10.4 Å². The van der Waals surface area contributed by atoms with Gasteiger partial charge in [-0.2, -0.15) is 18.4 Å². The molecule has 1 amide bonds. The van der Waals surface area contributed by atoms with E-state index in [1.165, 1.54) is 13.0 Å². The van der Waals surface area contributed by atoms with Gasteiger partial charge in [-0.15, -0.1) is 0 Å². The van der Waals surface area contributed by atoms with Crippen molar-refractivity contribution >= 4 is 11.6 Å². The Morgan fingerprint density at radius 1 is 1.50 bits per heavy atom. The molecule has 0 aliphatic heterocycles. The van der Waals surface area contributed by atoms with Crippen molar-refractivity contribution in [2.75, 3.05) is 5.32 Å². The number of aliphatic hydroxyl groups excluding tert-OH is 1. The zero-order chi connectivity index (χ0) is 13.9. The molecule has 0 saturated heterocycles. The first kappa shape index (κ1) is 14.0. The number of rotatable bonds is 2. The lowest BCUT2D eigenvalue weighted by Crippen LogP contribution is -2.24. The summed E-state index contributed by atoms with van der Waals surface area (Å²) >= 11 is 0. The summed E-state index contributed by atoms with van der Waals surface area (Å²) in [5, 5.41) is 19.6. The van der Waals surface area contributed by atoms with Crippen molar-refractivity contribution in [3.05, 3.63) is 29.3 Å². The van der Waals surface area contributed by atoms with Gasteiger partial charge >= 0.3 is 6.18 Å². The van der Waals surface area contributed by atoms with Crippen LogP contribution in [0.1, 0.15) is 18.1 Å². The smallest absolute Gasteiger partial charge is 0.384 e. The van der Waals surface area contributed by atoms with Crippen molar-refractivity contribution in [1.29, 1.82) is 5.26 Å². The van der Waals surface area contributed by atoms with Gasteiger partial charge in [0.2, 0.25) is 0 Å². The summed E-state index contributed by atoms with van der Waals surface area (Å²) in [5.41, 5.74) is -1.79. The third kappa shape index (κ3) is 3.21. The number of nitrogens with zero attached hydrogens (tertiary/aromatic N) is 1. The molecule has 0 saturated carbocycles. The van der Waals surface area contributed by atoms with E-state index in [-0.39, 0.29) is 5.69 Å². The summed E-state index contributed by atoms with van der Waals surface area (Å²) in [6.07, 6.45) is -6.02. The molecule has 0 aliphatic carbocycles. The highest BCUT2D eigenvalue weighted by Gasteiger charge is 2.34. The van der Waals surface area contributed by atoms with E-state index in [0.29, 0.717) is 6.07 Å². The molecule has 1 rings (SSSR count). The SMILES string of the molecule is CC(O)C(=O)Nc1ccc(C#N)c(C(F)(F)F)c1. The Kier molecular flexibility index (Phi) is 3.93. The number of carbonyl (C=O) groups is 1. The summed E-state index contributed by atoms with van der Waals surface area (Å²) in [5.74, 6) is -0.826. The van der Waals surface area contributed by atoms with E-state index < -0.39 is 29.3 Å². The van der Waals surface area contributed by atoms with Crippen molar-refractivity contribution < 1.29 is 23.1 Å². The number of aliphatic hydroxyl groups is 1. The fraction of sp³-hybridized carbons (Fsp3) is 0.273. The van der Waals surface area contributed by atoms with Crippen LogP contribution in [-0.4, -0.2) is 17.1 Å². The molecule has 0 fully saturated rings. The van der Waals surface area contributed by atoms with Gasteiger partial charge in [0, 0.05) is 5.69 Å². The van der Waals surface area contributed by atoms with Crippen molar-refractivity contribution in [1.82, 2.24) is 0 Å². The maximum Gasteiger partial charge on any atom is 0.417 e. The minimum Gasteiger partial charge on any atom is -0.384 e. The molecule has 0 spiro atoms. The lowest BCUT2D eigenvalue weighted by Gasteiger charge is -2.12. The quantitative estimate of drug-likeness (QED) is 0.850.